The van der Waals surface area contributed by atoms with Gasteiger partial charge in [0, 0.05) is 5.69 Å². The first-order chi connectivity index (χ1) is 7.17. The van der Waals surface area contributed by atoms with Gasteiger partial charge in [-0.3, -0.25) is 4.79 Å². The van der Waals surface area contributed by atoms with Gasteiger partial charge in [-0.25, -0.2) is 0 Å². The number of aliphatic hydroxyl groups is 1. The quantitative estimate of drug-likeness (QED) is 0.826. The molecular weight excluding hydrogens is 258 g/mol. The number of benzene rings is 1. The first-order valence-electron chi connectivity index (χ1n) is 4.82. The summed E-state index contributed by atoms with van der Waals surface area (Å²) in [6, 6.07) is 7.16. The number of rotatable bonds is 4. The average Bonchev–Trinajstić information content (AvgIpc) is 2.28. The molecule has 1 aromatic carbocycles. The number of hydrogen-bond acceptors (Lipinski definition) is 2. The largest absolute Gasteiger partial charge is 0.392 e. The number of aliphatic hydroxyl groups excluding tert-OH is 1. The molecule has 0 saturated carbocycles. The molecule has 1 unspecified atom stereocenters. The van der Waals surface area contributed by atoms with Crippen molar-refractivity contribution in [3.63, 3.8) is 0 Å². The Balaban J connectivity index is 2.68. The van der Waals surface area contributed by atoms with Crippen molar-refractivity contribution in [2.45, 2.75) is 24.8 Å². The lowest BCUT2D eigenvalue weighted by atomic mass is 10.2. The normalized spacial score (nSPS) is 12.2. The number of amides is 1. The first-order valence-corrected chi connectivity index (χ1v) is 5.73. The molecule has 0 aliphatic heterocycles. The van der Waals surface area contributed by atoms with Crippen molar-refractivity contribution in [1.82, 2.24) is 0 Å². The molecule has 2 N–H and O–H groups in total. The van der Waals surface area contributed by atoms with Crippen molar-refractivity contribution >= 4 is 27.5 Å². The molecule has 0 aromatic heterocycles. The Hall–Kier alpha value is -0.870. The van der Waals surface area contributed by atoms with Crippen LogP contribution in [0.1, 0.15) is 18.9 Å². The molecule has 0 bridgehead atoms. The molecule has 1 atom stereocenters. The van der Waals surface area contributed by atoms with E-state index in [0.717, 1.165) is 12.0 Å². The van der Waals surface area contributed by atoms with Crippen molar-refractivity contribution in [1.29, 1.82) is 0 Å². The highest BCUT2D eigenvalue weighted by atomic mass is 79.9. The molecule has 15 heavy (non-hydrogen) atoms. The second-order valence-corrected chi connectivity index (χ2v) is 4.33. The number of carbonyl (C=O) groups excluding carboxylic acids is 1. The Bertz CT molecular complexity index is 341. The Labute approximate surface area is 97.6 Å². The number of halogens is 1. The van der Waals surface area contributed by atoms with Gasteiger partial charge in [-0.2, -0.15) is 0 Å². The summed E-state index contributed by atoms with van der Waals surface area (Å²) in [5, 5.41) is 11.7. The van der Waals surface area contributed by atoms with Crippen molar-refractivity contribution in [3.8, 4) is 0 Å². The summed E-state index contributed by atoms with van der Waals surface area (Å²) in [5.41, 5.74) is 1.50. The topological polar surface area (TPSA) is 49.3 Å². The fraction of sp³-hybridized carbons (Fsp3) is 0.364. The van der Waals surface area contributed by atoms with E-state index in [0.29, 0.717) is 5.69 Å². The van der Waals surface area contributed by atoms with Crippen LogP contribution in [0.15, 0.2) is 24.3 Å². The molecule has 82 valence electrons. The van der Waals surface area contributed by atoms with Crippen molar-refractivity contribution in [2.24, 2.45) is 0 Å². The summed E-state index contributed by atoms with van der Waals surface area (Å²) in [4.78, 5) is 11.4. The Kier molecular flexibility index (Phi) is 4.78. The van der Waals surface area contributed by atoms with Crippen LogP contribution in [0.2, 0.25) is 0 Å². The van der Waals surface area contributed by atoms with Gasteiger partial charge in [-0.05, 0) is 24.1 Å². The third-order valence-corrected chi connectivity index (χ3v) is 3.08. The van der Waals surface area contributed by atoms with E-state index < -0.39 is 0 Å². The van der Waals surface area contributed by atoms with Gasteiger partial charge < -0.3 is 10.4 Å². The molecular formula is C11H14BrNO2. The van der Waals surface area contributed by atoms with Gasteiger partial charge in [-0.1, -0.05) is 35.0 Å². The second kappa shape index (κ2) is 5.88. The SMILES string of the molecule is CCC(Br)C(=O)Nc1cccc(CO)c1. The van der Waals surface area contributed by atoms with E-state index >= 15 is 0 Å². The van der Waals surface area contributed by atoms with E-state index in [1.54, 1.807) is 24.3 Å². The second-order valence-electron chi connectivity index (χ2n) is 3.22. The molecule has 3 nitrogen and oxygen atoms in total. The molecule has 1 rings (SSSR count). The Morgan fingerprint density at radius 3 is 2.93 bits per heavy atom. The van der Waals surface area contributed by atoms with E-state index in [9.17, 15) is 4.79 Å². The molecule has 0 heterocycles. The number of alkyl halides is 1. The maximum atomic E-state index is 11.5. The molecule has 1 aromatic rings. The van der Waals surface area contributed by atoms with Crippen LogP contribution in [0.5, 0.6) is 0 Å². The lowest BCUT2D eigenvalue weighted by Gasteiger charge is -2.09. The van der Waals surface area contributed by atoms with Gasteiger partial charge in [0.05, 0.1) is 11.4 Å². The van der Waals surface area contributed by atoms with Gasteiger partial charge >= 0.3 is 0 Å². The predicted molar refractivity (Wildman–Crippen MR) is 64.0 cm³/mol. The molecule has 1 amide bonds. The van der Waals surface area contributed by atoms with Crippen molar-refractivity contribution in [3.05, 3.63) is 29.8 Å². The van der Waals surface area contributed by atoms with Crippen LogP contribution in [0.4, 0.5) is 5.69 Å². The molecule has 0 spiro atoms. The summed E-state index contributed by atoms with van der Waals surface area (Å²) in [5.74, 6) is -0.0624. The Morgan fingerprint density at radius 2 is 2.33 bits per heavy atom. The summed E-state index contributed by atoms with van der Waals surface area (Å²) in [6.07, 6.45) is 0.742. The van der Waals surface area contributed by atoms with Gasteiger partial charge in [0.15, 0.2) is 0 Å². The van der Waals surface area contributed by atoms with Crippen LogP contribution in [-0.4, -0.2) is 15.8 Å². The Morgan fingerprint density at radius 1 is 1.60 bits per heavy atom. The third kappa shape index (κ3) is 3.64. The number of hydrogen-bond donors (Lipinski definition) is 2. The minimum atomic E-state index is -0.171. The zero-order valence-electron chi connectivity index (χ0n) is 8.53. The average molecular weight is 272 g/mol. The van der Waals surface area contributed by atoms with Crippen molar-refractivity contribution < 1.29 is 9.90 Å². The van der Waals surface area contributed by atoms with Crippen LogP contribution in [0, 0.1) is 0 Å². The fourth-order valence-corrected chi connectivity index (χ4v) is 1.27. The summed E-state index contributed by atoms with van der Waals surface area (Å²) >= 11 is 3.27. The molecule has 0 saturated heterocycles. The third-order valence-electron chi connectivity index (χ3n) is 2.02. The summed E-state index contributed by atoms with van der Waals surface area (Å²) in [6.45, 7) is 1.92. The van der Waals surface area contributed by atoms with Gasteiger partial charge in [0.25, 0.3) is 0 Å². The van der Waals surface area contributed by atoms with Crippen molar-refractivity contribution in [2.75, 3.05) is 5.32 Å². The highest BCUT2D eigenvalue weighted by Crippen LogP contribution is 2.13. The zero-order valence-corrected chi connectivity index (χ0v) is 10.1. The van der Waals surface area contributed by atoms with E-state index in [2.05, 4.69) is 21.2 Å². The molecule has 4 heteroatoms. The molecule has 0 fully saturated rings. The van der Waals surface area contributed by atoms with E-state index in [-0.39, 0.29) is 17.3 Å². The molecule has 0 aliphatic rings. The van der Waals surface area contributed by atoms with Crippen LogP contribution in [0.25, 0.3) is 0 Å². The van der Waals surface area contributed by atoms with E-state index in [1.165, 1.54) is 0 Å². The maximum absolute atomic E-state index is 11.5. The number of nitrogens with one attached hydrogen (secondary N) is 1. The lowest BCUT2D eigenvalue weighted by molar-refractivity contribution is -0.115. The smallest absolute Gasteiger partial charge is 0.238 e. The number of anilines is 1. The highest BCUT2D eigenvalue weighted by molar-refractivity contribution is 9.10. The molecule has 0 radical (unpaired) electrons. The lowest BCUT2D eigenvalue weighted by Crippen LogP contribution is -2.21. The van der Waals surface area contributed by atoms with Crippen LogP contribution < -0.4 is 5.32 Å². The monoisotopic (exact) mass is 271 g/mol. The zero-order chi connectivity index (χ0) is 11.3. The predicted octanol–water partition coefficient (Wildman–Crippen LogP) is 2.29. The standard InChI is InChI=1S/C11H14BrNO2/c1-2-10(12)11(15)13-9-5-3-4-8(6-9)7-14/h3-6,10,14H,2,7H2,1H3,(H,13,15). The number of carbonyl (C=O) groups is 1. The maximum Gasteiger partial charge on any atom is 0.238 e. The highest BCUT2D eigenvalue weighted by Gasteiger charge is 2.11. The summed E-state index contributed by atoms with van der Waals surface area (Å²) in [7, 11) is 0. The molecule has 0 aliphatic carbocycles. The van der Waals surface area contributed by atoms with Crippen LogP contribution in [-0.2, 0) is 11.4 Å². The van der Waals surface area contributed by atoms with E-state index in [1.807, 2.05) is 6.92 Å². The van der Waals surface area contributed by atoms with Gasteiger partial charge in [0.2, 0.25) is 5.91 Å². The van der Waals surface area contributed by atoms with Crippen LogP contribution >= 0.6 is 15.9 Å². The van der Waals surface area contributed by atoms with Crippen LogP contribution in [0.3, 0.4) is 0 Å². The van der Waals surface area contributed by atoms with Gasteiger partial charge in [-0.15, -0.1) is 0 Å². The minimum Gasteiger partial charge on any atom is -0.392 e. The van der Waals surface area contributed by atoms with Gasteiger partial charge in [0.1, 0.15) is 0 Å². The minimum absolute atomic E-state index is 0.0186. The first kappa shape index (κ1) is 12.2. The summed E-state index contributed by atoms with van der Waals surface area (Å²) < 4.78 is 0. The fourth-order valence-electron chi connectivity index (χ4n) is 1.15. The van der Waals surface area contributed by atoms with E-state index in [4.69, 9.17) is 5.11 Å².